The predicted molar refractivity (Wildman–Crippen MR) is 63.4 cm³/mol. The lowest BCUT2D eigenvalue weighted by Crippen LogP contribution is -2.30. The number of hydrogen-bond acceptors (Lipinski definition) is 1. The SMILES string of the molecule is CCC(Cl)CNC(=O)c1cc(F)ccc1C. The van der Waals surface area contributed by atoms with Gasteiger partial charge >= 0.3 is 0 Å². The monoisotopic (exact) mass is 243 g/mol. The van der Waals surface area contributed by atoms with Crippen molar-refractivity contribution in [3.05, 3.63) is 35.1 Å². The first kappa shape index (κ1) is 13.0. The minimum Gasteiger partial charge on any atom is -0.351 e. The topological polar surface area (TPSA) is 29.1 Å². The van der Waals surface area contributed by atoms with E-state index >= 15 is 0 Å². The molecule has 4 heteroatoms. The van der Waals surface area contributed by atoms with E-state index in [1.807, 2.05) is 6.92 Å². The zero-order chi connectivity index (χ0) is 12.1. The van der Waals surface area contributed by atoms with Gasteiger partial charge in [-0.3, -0.25) is 4.79 Å². The molecule has 2 nitrogen and oxygen atoms in total. The lowest BCUT2D eigenvalue weighted by molar-refractivity contribution is 0.0952. The Bertz CT molecular complexity index is 381. The number of amides is 1. The number of benzene rings is 1. The smallest absolute Gasteiger partial charge is 0.251 e. The number of nitrogens with one attached hydrogen (secondary N) is 1. The number of alkyl halides is 1. The molecule has 0 spiro atoms. The first-order chi connectivity index (χ1) is 7.54. The molecular formula is C12H15ClFNO. The molecule has 1 atom stereocenters. The Kier molecular flexibility index (Phi) is 4.74. The molecule has 0 aliphatic heterocycles. The van der Waals surface area contributed by atoms with E-state index < -0.39 is 5.82 Å². The number of rotatable bonds is 4. The number of halogens is 2. The second-order valence-electron chi connectivity index (χ2n) is 3.67. The average molecular weight is 244 g/mol. The van der Waals surface area contributed by atoms with Gasteiger partial charge in [0.1, 0.15) is 5.82 Å². The molecular weight excluding hydrogens is 229 g/mol. The third-order valence-electron chi connectivity index (χ3n) is 2.37. The van der Waals surface area contributed by atoms with Gasteiger partial charge in [0.25, 0.3) is 5.91 Å². The highest BCUT2D eigenvalue weighted by Gasteiger charge is 2.11. The van der Waals surface area contributed by atoms with Crippen LogP contribution in [-0.2, 0) is 0 Å². The van der Waals surface area contributed by atoms with E-state index in [1.54, 1.807) is 13.0 Å². The molecule has 1 amide bonds. The maximum Gasteiger partial charge on any atom is 0.251 e. The molecule has 1 aromatic carbocycles. The molecule has 1 unspecified atom stereocenters. The second kappa shape index (κ2) is 5.85. The van der Waals surface area contributed by atoms with Crippen molar-refractivity contribution in [2.75, 3.05) is 6.54 Å². The lowest BCUT2D eigenvalue weighted by atomic mass is 10.1. The van der Waals surface area contributed by atoms with Crippen molar-refractivity contribution in [2.45, 2.75) is 25.6 Å². The average Bonchev–Trinajstić information content (AvgIpc) is 2.28. The van der Waals surface area contributed by atoms with Gasteiger partial charge in [0.15, 0.2) is 0 Å². The van der Waals surface area contributed by atoms with Crippen LogP contribution < -0.4 is 5.32 Å². The fourth-order valence-corrected chi connectivity index (χ4v) is 1.36. The molecule has 0 aromatic heterocycles. The predicted octanol–water partition coefficient (Wildman–Crippen LogP) is 2.88. The van der Waals surface area contributed by atoms with Gasteiger partial charge < -0.3 is 5.32 Å². The first-order valence-corrected chi connectivity index (χ1v) is 5.66. The Morgan fingerprint density at radius 1 is 1.56 bits per heavy atom. The third kappa shape index (κ3) is 3.49. The normalized spacial score (nSPS) is 12.2. The Morgan fingerprint density at radius 3 is 2.88 bits per heavy atom. The highest BCUT2D eigenvalue weighted by Crippen LogP contribution is 2.10. The van der Waals surface area contributed by atoms with E-state index in [2.05, 4.69) is 5.32 Å². The van der Waals surface area contributed by atoms with Gasteiger partial charge in [0.05, 0.1) is 5.38 Å². The van der Waals surface area contributed by atoms with Crippen LogP contribution in [0.4, 0.5) is 4.39 Å². The largest absolute Gasteiger partial charge is 0.351 e. The fourth-order valence-electron chi connectivity index (χ4n) is 1.28. The Labute approximate surface area is 99.8 Å². The highest BCUT2D eigenvalue weighted by atomic mass is 35.5. The number of carbonyl (C=O) groups is 1. The molecule has 88 valence electrons. The van der Waals surface area contributed by atoms with E-state index in [0.29, 0.717) is 12.1 Å². The minimum atomic E-state index is -0.409. The summed E-state index contributed by atoms with van der Waals surface area (Å²) in [6.07, 6.45) is 0.782. The summed E-state index contributed by atoms with van der Waals surface area (Å²) in [5, 5.41) is 2.59. The molecule has 16 heavy (non-hydrogen) atoms. The van der Waals surface area contributed by atoms with Crippen molar-refractivity contribution in [3.8, 4) is 0 Å². The molecule has 1 rings (SSSR count). The molecule has 0 aliphatic carbocycles. The van der Waals surface area contributed by atoms with Crippen LogP contribution in [-0.4, -0.2) is 17.8 Å². The highest BCUT2D eigenvalue weighted by molar-refractivity contribution is 6.20. The van der Waals surface area contributed by atoms with Gasteiger partial charge in [-0.25, -0.2) is 4.39 Å². The van der Waals surface area contributed by atoms with Crippen molar-refractivity contribution in [2.24, 2.45) is 0 Å². The van der Waals surface area contributed by atoms with Crippen LogP contribution in [0.1, 0.15) is 29.3 Å². The summed E-state index contributed by atoms with van der Waals surface area (Å²) in [6.45, 7) is 4.11. The standard InChI is InChI=1S/C12H15ClFNO/c1-3-9(13)7-15-12(16)11-6-10(14)5-4-8(11)2/h4-6,9H,3,7H2,1-2H3,(H,15,16). The summed E-state index contributed by atoms with van der Waals surface area (Å²) in [6, 6.07) is 4.16. The first-order valence-electron chi connectivity index (χ1n) is 5.23. The zero-order valence-corrected chi connectivity index (χ0v) is 10.1. The maximum atomic E-state index is 13.0. The number of hydrogen-bond donors (Lipinski definition) is 1. The number of carbonyl (C=O) groups excluding carboxylic acids is 1. The van der Waals surface area contributed by atoms with E-state index in [-0.39, 0.29) is 11.3 Å². The molecule has 0 radical (unpaired) electrons. The molecule has 1 aromatic rings. The number of aryl methyl sites for hydroxylation is 1. The molecule has 0 bridgehead atoms. The Balaban J connectivity index is 2.69. The van der Waals surface area contributed by atoms with E-state index in [9.17, 15) is 9.18 Å². The Morgan fingerprint density at radius 2 is 2.25 bits per heavy atom. The molecule has 0 saturated carbocycles. The van der Waals surface area contributed by atoms with E-state index in [4.69, 9.17) is 11.6 Å². The second-order valence-corrected chi connectivity index (χ2v) is 4.29. The summed E-state index contributed by atoms with van der Waals surface area (Å²) >= 11 is 5.88. The van der Waals surface area contributed by atoms with Crippen LogP contribution in [0.5, 0.6) is 0 Å². The molecule has 0 fully saturated rings. The summed E-state index contributed by atoms with van der Waals surface area (Å²) in [4.78, 5) is 11.7. The fraction of sp³-hybridized carbons (Fsp3) is 0.417. The molecule has 0 saturated heterocycles. The van der Waals surface area contributed by atoms with Crippen LogP contribution in [0.15, 0.2) is 18.2 Å². The summed E-state index contributed by atoms with van der Waals surface area (Å²) in [5.74, 6) is -0.690. The van der Waals surface area contributed by atoms with Crippen molar-refractivity contribution in [1.82, 2.24) is 5.32 Å². The van der Waals surface area contributed by atoms with Gasteiger partial charge in [-0.05, 0) is 31.0 Å². The summed E-state index contributed by atoms with van der Waals surface area (Å²) in [7, 11) is 0. The van der Waals surface area contributed by atoms with Crippen molar-refractivity contribution < 1.29 is 9.18 Å². The van der Waals surface area contributed by atoms with Crippen molar-refractivity contribution >= 4 is 17.5 Å². The van der Waals surface area contributed by atoms with Gasteiger partial charge in [-0.2, -0.15) is 0 Å². The van der Waals surface area contributed by atoms with E-state index in [0.717, 1.165) is 12.0 Å². The maximum absolute atomic E-state index is 13.0. The van der Waals surface area contributed by atoms with Gasteiger partial charge in [0, 0.05) is 12.1 Å². The van der Waals surface area contributed by atoms with Crippen LogP contribution in [0.25, 0.3) is 0 Å². The van der Waals surface area contributed by atoms with Crippen LogP contribution in [0, 0.1) is 12.7 Å². The van der Waals surface area contributed by atoms with E-state index in [1.165, 1.54) is 12.1 Å². The quantitative estimate of drug-likeness (QED) is 0.810. The van der Waals surface area contributed by atoms with Crippen molar-refractivity contribution in [3.63, 3.8) is 0 Å². The van der Waals surface area contributed by atoms with Crippen molar-refractivity contribution in [1.29, 1.82) is 0 Å². The van der Waals surface area contributed by atoms with Gasteiger partial charge in [0.2, 0.25) is 0 Å². The molecule has 0 heterocycles. The minimum absolute atomic E-state index is 0.0854. The summed E-state index contributed by atoms with van der Waals surface area (Å²) in [5.41, 5.74) is 1.11. The third-order valence-corrected chi connectivity index (χ3v) is 2.83. The zero-order valence-electron chi connectivity index (χ0n) is 9.39. The molecule has 0 aliphatic rings. The van der Waals surface area contributed by atoms with Gasteiger partial charge in [-0.1, -0.05) is 13.0 Å². The van der Waals surface area contributed by atoms with Gasteiger partial charge in [-0.15, -0.1) is 11.6 Å². The van der Waals surface area contributed by atoms with Crippen LogP contribution in [0.2, 0.25) is 0 Å². The summed E-state index contributed by atoms with van der Waals surface area (Å²) < 4.78 is 13.0. The Hall–Kier alpha value is -1.09. The lowest BCUT2D eigenvalue weighted by Gasteiger charge is -2.10. The van der Waals surface area contributed by atoms with Crippen LogP contribution in [0.3, 0.4) is 0 Å². The van der Waals surface area contributed by atoms with Crippen LogP contribution >= 0.6 is 11.6 Å². The molecule has 1 N–H and O–H groups in total.